The molecule has 6 nitrogen and oxygen atoms in total. The summed E-state index contributed by atoms with van der Waals surface area (Å²) in [5.41, 5.74) is 0. The second kappa shape index (κ2) is 19.4. The molecule has 1 aliphatic rings. The Bertz CT molecular complexity index is 428. The van der Waals surface area contributed by atoms with Crippen LogP contribution in [-0.2, 0) is 19.1 Å². The van der Waals surface area contributed by atoms with Crippen LogP contribution in [0.4, 0.5) is 0 Å². The molecule has 1 aliphatic heterocycles. The van der Waals surface area contributed by atoms with E-state index in [-0.39, 0.29) is 24.9 Å². The van der Waals surface area contributed by atoms with Crippen molar-refractivity contribution >= 4 is 17.8 Å². The summed E-state index contributed by atoms with van der Waals surface area (Å²) >= 11 is 0. The standard InChI is InChI=1S/C24H44N2O4/c27-22-18-16-14-12-10-8-6-4-2-1-3-5-7-9-11-13-15-17-19-30-24(29)21-26-23(28)20-25-22/h1-21H2,(H,25,27)(H,26,28). The SMILES string of the molecule is O=C1CCCCCCCCCCCCCCCCCCCOC(=O)CNC(=O)CN1. The van der Waals surface area contributed by atoms with Crippen LogP contribution in [0, 0.1) is 0 Å². The van der Waals surface area contributed by atoms with Crippen LogP contribution >= 0.6 is 0 Å². The summed E-state index contributed by atoms with van der Waals surface area (Å²) in [4.78, 5) is 35.2. The molecule has 0 atom stereocenters. The molecule has 0 aromatic carbocycles. The Hall–Kier alpha value is -1.59. The number of hydrogen-bond donors (Lipinski definition) is 2. The molecule has 6 heteroatoms. The molecule has 1 fully saturated rings. The Morgan fingerprint density at radius 3 is 1.37 bits per heavy atom. The maximum absolute atomic E-state index is 11.8. The third kappa shape index (κ3) is 17.3. The summed E-state index contributed by atoms with van der Waals surface area (Å²) in [5, 5.41) is 5.10. The average Bonchev–Trinajstić information content (AvgIpc) is 2.74. The van der Waals surface area contributed by atoms with Gasteiger partial charge in [-0.05, 0) is 12.8 Å². The zero-order valence-corrected chi connectivity index (χ0v) is 19.0. The third-order valence-corrected chi connectivity index (χ3v) is 5.69. The zero-order chi connectivity index (χ0) is 21.7. The fourth-order valence-corrected chi connectivity index (χ4v) is 3.78. The predicted molar refractivity (Wildman–Crippen MR) is 120 cm³/mol. The van der Waals surface area contributed by atoms with Crippen molar-refractivity contribution in [2.45, 2.75) is 116 Å². The average molecular weight is 425 g/mol. The maximum Gasteiger partial charge on any atom is 0.325 e. The Balaban J connectivity index is 2.22. The number of hydrogen-bond acceptors (Lipinski definition) is 4. The monoisotopic (exact) mass is 424 g/mol. The van der Waals surface area contributed by atoms with Gasteiger partial charge < -0.3 is 15.4 Å². The summed E-state index contributed by atoms with van der Waals surface area (Å²) < 4.78 is 5.14. The highest BCUT2D eigenvalue weighted by Crippen LogP contribution is 2.14. The van der Waals surface area contributed by atoms with E-state index in [4.69, 9.17) is 4.74 Å². The quantitative estimate of drug-likeness (QED) is 0.547. The van der Waals surface area contributed by atoms with Crippen molar-refractivity contribution in [2.24, 2.45) is 0 Å². The molecule has 2 N–H and O–H groups in total. The molecule has 0 aromatic rings. The van der Waals surface area contributed by atoms with Crippen molar-refractivity contribution in [1.82, 2.24) is 10.6 Å². The first kappa shape index (κ1) is 26.4. The molecule has 0 saturated carbocycles. The second-order valence-electron chi connectivity index (χ2n) is 8.53. The van der Waals surface area contributed by atoms with Crippen LogP contribution in [0.3, 0.4) is 0 Å². The largest absolute Gasteiger partial charge is 0.464 e. The van der Waals surface area contributed by atoms with E-state index in [1.54, 1.807) is 0 Å². The van der Waals surface area contributed by atoms with Gasteiger partial charge in [-0.2, -0.15) is 0 Å². The highest BCUT2D eigenvalue weighted by molar-refractivity contribution is 5.86. The van der Waals surface area contributed by atoms with Crippen LogP contribution in [0.2, 0.25) is 0 Å². The molecule has 174 valence electrons. The summed E-state index contributed by atoms with van der Waals surface area (Å²) in [6.07, 6.45) is 21.3. The van der Waals surface area contributed by atoms with Crippen LogP contribution < -0.4 is 10.6 Å². The van der Waals surface area contributed by atoms with E-state index < -0.39 is 5.97 Å². The van der Waals surface area contributed by atoms with Crippen molar-refractivity contribution in [2.75, 3.05) is 19.7 Å². The molecule has 0 spiro atoms. The van der Waals surface area contributed by atoms with Crippen LogP contribution in [0.25, 0.3) is 0 Å². The number of rotatable bonds is 0. The van der Waals surface area contributed by atoms with E-state index in [1.165, 1.54) is 83.5 Å². The fourth-order valence-electron chi connectivity index (χ4n) is 3.78. The normalized spacial score (nSPS) is 22.2. The maximum atomic E-state index is 11.8. The lowest BCUT2D eigenvalue weighted by Crippen LogP contribution is -2.39. The van der Waals surface area contributed by atoms with E-state index in [9.17, 15) is 14.4 Å². The van der Waals surface area contributed by atoms with Crippen molar-refractivity contribution in [1.29, 1.82) is 0 Å². The Labute approximate surface area is 183 Å². The van der Waals surface area contributed by atoms with Crippen LogP contribution in [-0.4, -0.2) is 37.5 Å². The number of cyclic esters (lactones) is 1. The minimum absolute atomic E-state index is 0.0912. The summed E-state index contributed by atoms with van der Waals surface area (Å²) in [7, 11) is 0. The lowest BCUT2D eigenvalue weighted by Gasteiger charge is -2.08. The number of carbonyl (C=O) groups is 3. The molecule has 1 saturated heterocycles. The van der Waals surface area contributed by atoms with Crippen LogP contribution in [0.1, 0.15) is 116 Å². The molecule has 0 radical (unpaired) electrons. The summed E-state index contributed by atoms with van der Waals surface area (Å²) in [6, 6.07) is 0. The van der Waals surface area contributed by atoms with Gasteiger partial charge in [-0.15, -0.1) is 0 Å². The van der Waals surface area contributed by atoms with Gasteiger partial charge in [-0.3, -0.25) is 14.4 Å². The molecule has 30 heavy (non-hydrogen) atoms. The van der Waals surface area contributed by atoms with Gasteiger partial charge in [0.1, 0.15) is 6.54 Å². The molecule has 1 heterocycles. The first-order valence-corrected chi connectivity index (χ1v) is 12.4. The second-order valence-corrected chi connectivity index (χ2v) is 8.53. The molecule has 0 bridgehead atoms. The van der Waals surface area contributed by atoms with Gasteiger partial charge >= 0.3 is 5.97 Å². The number of ether oxygens (including phenoxy) is 1. The predicted octanol–water partition coefficient (Wildman–Crippen LogP) is 4.80. The van der Waals surface area contributed by atoms with Gasteiger partial charge in [0.2, 0.25) is 11.8 Å². The van der Waals surface area contributed by atoms with Gasteiger partial charge in [-0.25, -0.2) is 0 Å². The van der Waals surface area contributed by atoms with Crippen LogP contribution in [0.15, 0.2) is 0 Å². The van der Waals surface area contributed by atoms with E-state index >= 15 is 0 Å². The van der Waals surface area contributed by atoms with E-state index in [0.717, 1.165) is 25.7 Å². The molecule has 0 aromatic heterocycles. The number of nitrogens with one attached hydrogen (secondary N) is 2. The fraction of sp³-hybridized carbons (Fsp3) is 0.875. The van der Waals surface area contributed by atoms with E-state index in [0.29, 0.717) is 13.0 Å². The van der Waals surface area contributed by atoms with Gasteiger partial charge in [0.15, 0.2) is 0 Å². The Morgan fingerprint density at radius 1 is 0.467 bits per heavy atom. The highest BCUT2D eigenvalue weighted by Gasteiger charge is 2.08. The number of amides is 2. The number of esters is 1. The molecular formula is C24H44N2O4. The van der Waals surface area contributed by atoms with E-state index in [2.05, 4.69) is 10.6 Å². The van der Waals surface area contributed by atoms with Gasteiger partial charge in [-0.1, -0.05) is 96.3 Å². The smallest absolute Gasteiger partial charge is 0.325 e. The van der Waals surface area contributed by atoms with Crippen molar-refractivity contribution in [3.8, 4) is 0 Å². The minimum Gasteiger partial charge on any atom is -0.464 e. The first-order chi connectivity index (χ1) is 14.7. The molecule has 1 rings (SSSR count). The summed E-state index contributed by atoms with van der Waals surface area (Å²) in [6.45, 7) is 0.173. The topological polar surface area (TPSA) is 84.5 Å². The molecular weight excluding hydrogens is 380 g/mol. The van der Waals surface area contributed by atoms with Crippen molar-refractivity contribution in [3.63, 3.8) is 0 Å². The Kier molecular flexibility index (Phi) is 17.1. The van der Waals surface area contributed by atoms with Crippen LogP contribution in [0.5, 0.6) is 0 Å². The number of carbonyl (C=O) groups excluding carboxylic acids is 3. The lowest BCUT2D eigenvalue weighted by atomic mass is 10.0. The van der Waals surface area contributed by atoms with Gasteiger partial charge in [0, 0.05) is 6.42 Å². The highest BCUT2D eigenvalue weighted by atomic mass is 16.5. The van der Waals surface area contributed by atoms with Crippen molar-refractivity contribution in [3.05, 3.63) is 0 Å². The minimum atomic E-state index is -0.424. The lowest BCUT2D eigenvalue weighted by molar-refractivity contribution is -0.144. The Morgan fingerprint density at radius 2 is 0.867 bits per heavy atom. The van der Waals surface area contributed by atoms with Gasteiger partial charge in [0.25, 0.3) is 0 Å². The zero-order valence-electron chi connectivity index (χ0n) is 19.0. The molecule has 0 aliphatic carbocycles. The third-order valence-electron chi connectivity index (χ3n) is 5.69. The van der Waals surface area contributed by atoms with Crippen molar-refractivity contribution < 1.29 is 19.1 Å². The van der Waals surface area contributed by atoms with Gasteiger partial charge in [0.05, 0.1) is 13.2 Å². The van der Waals surface area contributed by atoms with E-state index in [1.807, 2.05) is 0 Å². The summed E-state index contributed by atoms with van der Waals surface area (Å²) in [5.74, 6) is -0.894. The molecule has 2 amide bonds. The first-order valence-electron chi connectivity index (χ1n) is 12.4. The molecule has 0 unspecified atom stereocenters.